The van der Waals surface area contributed by atoms with Crippen LogP contribution in [0, 0.1) is 0 Å². The summed E-state index contributed by atoms with van der Waals surface area (Å²) in [7, 11) is -2.03. The van der Waals surface area contributed by atoms with Crippen molar-refractivity contribution in [3.05, 3.63) is 24.9 Å². The van der Waals surface area contributed by atoms with Gasteiger partial charge in [0, 0.05) is 6.04 Å². The second kappa shape index (κ2) is 7.14. The van der Waals surface area contributed by atoms with Crippen molar-refractivity contribution >= 4 is 10.0 Å². The molecule has 1 saturated carbocycles. The van der Waals surface area contributed by atoms with Crippen LogP contribution >= 0.6 is 0 Å². The number of imidazole rings is 1. The Morgan fingerprint density at radius 1 is 1.12 bits per heavy atom. The van der Waals surface area contributed by atoms with Crippen molar-refractivity contribution in [1.29, 1.82) is 0 Å². The van der Waals surface area contributed by atoms with E-state index in [9.17, 15) is 8.42 Å². The van der Waals surface area contributed by atoms with E-state index in [2.05, 4.69) is 24.7 Å². The molecule has 2 aromatic heterocycles. The molecule has 0 unspecified atom stereocenters. The van der Waals surface area contributed by atoms with Crippen LogP contribution in [0.25, 0.3) is 0 Å². The van der Waals surface area contributed by atoms with Gasteiger partial charge in [-0.15, -0.1) is 0 Å². The lowest BCUT2D eigenvalue weighted by atomic mass is 9.94. The maximum absolute atomic E-state index is 12.2. The Balaban J connectivity index is 1.52. The van der Waals surface area contributed by atoms with Gasteiger partial charge in [-0.2, -0.15) is 4.98 Å². The Morgan fingerprint density at radius 3 is 2.54 bits per heavy atom. The first kappa shape index (κ1) is 16.7. The molecule has 0 spiro atoms. The van der Waals surface area contributed by atoms with Crippen LogP contribution in [0.4, 0.5) is 0 Å². The third-order valence-electron chi connectivity index (χ3n) is 3.85. The van der Waals surface area contributed by atoms with Crippen molar-refractivity contribution in [2.24, 2.45) is 0 Å². The van der Waals surface area contributed by atoms with Crippen LogP contribution in [0.3, 0.4) is 0 Å². The Hall–Kier alpha value is -2.20. The molecule has 0 aliphatic heterocycles. The van der Waals surface area contributed by atoms with E-state index in [1.54, 1.807) is 0 Å². The largest absolute Gasteiger partial charge is 0.480 e. The normalized spacial score (nSPS) is 21.4. The van der Waals surface area contributed by atoms with Crippen molar-refractivity contribution in [1.82, 2.24) is 24.7 Å². The maximum Gasteiger partial charge on any atom is 0.257 e. The third-order valence-corrected chi connectivity index (χ3v) is 5.29. The quantitative estimate of drug-likeness (QED) is 0.791. The van der Waals surface area contributed by atoms with Gasteiger partial charge in [0.1, 0.15) is 6.10 Å². The maximum atomic E-state index is 12.2. The number of hydrogen-bond donors (Lipinski definition) is 2. The molecule has 10 heteroatoms. The SMILES string of the molecule is COc1cncc(OC2CCC(NS(=O)(=O)c3cnc[nH]3)CC2)n1. The van der Waals surface area contributed by atoms with Crippen LogP contribution in [0.1, 0.15) is 25.7 Å². The number of hydrogen-bond acceptors (Lipinski definition) is 7. The summed E-state index contributed by atoms with van der Waals surface area (Å²) in [4.78, 5) is 14.5. The number of H-pyrrole nitrogens is 1. The van der Waals surface area contributed by atoms with Gasteiger partial charge in [0.15, 0.2) is 5.03 Å². The molecular weight excluding hydrogens is 334 g/mol. The molecule has 1 aliphatic rings. The van der Waals surface area contributed by atoms with Crippen LogP contribution in [-0.4, -0.2) is 47.6 Å². The first-order valence-electron chi connectivity index (χ1n) is 7.60. The molecular formula is C14H19N5O4S. The Morgan fingerprint density at radius 2 is 1.88 bits per heavy atom. The fraction of sp³-hybridized carbons (Fsp3) is 0.500. The van der Waals surface area contributed by atoms with Gasteiger partial charge in [-0.3, -0.25) is 4.98 Å². The van der Waals surface area contributed by atoms with Crippen LogP contribution < -0.4 is 14.2 Å². The first-order chi connectivity index (χ1) is 11.6. The minimum Gasteiger partial charge on any atom is -0.480 e. The summed E-state index contributed by atoms with van der Waals surface area (Å²) in [6.07, 6.45) is 8.50. The Kier molecular flexibility index (Phi) is 4.95. The van der Waals surface area contributed by atoms with Gasteiger partial charge < -0.3 is 14.5 Å². The molecule has 130 valence electrons. The smallest absolute Gasteiger partial charge is 0.257 e. The number of methoxy groups -OCH3 is 1. The summed E-state index contributed by atoms with van der Waals surface area (Å²) in [5.41, 5.74) is 0. The van der Waals surface area contributed by atoms with Gasteiger partial charge >= 0.3 is 0 Å². The van der Waals surface area contributed by atoms with Gasteiger partial charge in [-0.1, -0.05) is 0 Å². The van der Waals surface area contributed by atoms with E-state index in [1.165, 1.54) is 32.0 Å². The molecule has 2 heterocycles. The predicted molar refractivity (Wildman–Crippen MR) is 84.2 cm³/mol. The zero-order chi connectivity index (χ0) is 17.0. The minimum atomic E-state index is -3.55. The molecule has 24 heavy (non-hydrogen) atoms. The molecule has 0 bridgehead atoms. The molecule has 3 rings (SSSR count). The fourth-order valence-corrected chi connectivity index (χ4v) is 3.84. The second-order valence-corrected chi connectivity index (χ2v) is 7.21. The molecule has 0 atom stereocenters. The standard InChI is InChI=1S/C14H19N5O4S/c1-22-12-6-15-7-13(18-12)23-11-4-2-10(3-5-11)19-24(20,21)14-8-16-9-17-14/h6-11,19H,2-5H2,1H3,(H,16,17). The summed E-state index contributed by atoms with van der Waals surface area (Å²) in [6, 6.07) is -0.116. The van der Waals surface area contributed by atoms with Crippen molar-refractivity contribution < 1.29 is 17.9 Å². The molecule has 1 fully saturated rings. The lowest BCUT2D eigenvalue weighted by molar-refractivity contribution is 0.136. The highest BCUT2D eigenvalue weighted by atomic mass is 32.2. The molecule has 9 nitrogen and oxygen atoms in total. The van der Waals surface area contributed by atoms with E-state index in [1.807, 2.05) is 0 Å². The van der Waals surface area contributed by atoms with Crippen LogP contribution in [0.15, 0.2) is 29.9 Å². The molecule has 2 N–H and O–H groups in total. The number of sulfonamides is 1. The van der Waals surface area contributed by atoms with E-state index < -0.39 is 10.0 Å². The van der Waals surface area contributed by atoms with Crippen molar-refractivity contribution in [3.8, 4) is 11.8 Å². The highest BCUT2D eigenvalue weighted by molar-refractivity contribution is 7.89. The number of aromatic amines is 1. The van der Waals surface area contributed by atoms with Crippen molar-refractivity contribution in [2.75, 3.05) is 7.11 Å². The summed E-state index contributed by atoms with van der Waals surface area (Å²) >= 11 is 0. The molecule has 0 amide bonds. The molecule has 0 radical (unpaired) electrons. The third kappa shape index (κ3) is 4.01. The molecule has 0 saturated heterocycles. The van der Waals surface area contributed by atoms with Gasteiger partial charge in [0.05, 0.1) is 32.0 Å². The lowest BCUT2D eigenvalue weighted by Gasteiger charge is -2.28. The van der Waals surface area contributed by atoms with Crippen molar-refractivity contribution in [3.63, 3.8) is 0 Å². The summed E-state index contributed by atoms with van der Waals surface area (Å²) < 4.78 is 37.8. The molecule has 1 aliphatic carbocycles. The first-order valence-corrected chi connectivity index (χ1v) is 9.08. The summed E-state index contributed by atoms with van der Waals surface area (Å²) in [5, 5.41) is 0.0764. The highest BCUT2D eigenvalue weighted by Crippen LogP contribution is 2.24. The average Bonchev–Trinajstić information content (AvgIpc) is 3.12. The second-order valence-electron chi connectivity index (χ2n) is 5.53. The molecule has 0 aromatic carbocycles. The monoisotopic (exact) mass is 353 g/mol. The Labute approximate surface area is 139 Å². The topological polar surface area (TPSA) is 119 Å². The van der Waals surface area contributed by atoms with E-state index in [4.69, 9.17) is 9.47 Å². The van der Waals surface area contributed by atoms with Crippen molar-refractivity contribution in [2.45, 2.75) is 42.9 Å². The number of aromatic nitrogens is 4. The van der Waals surface area contributed by atoms with Crippen LogP contribution in [0.2, 0.25) is 0 Å². The summed E-state index contributed by atoms with van der Waals surface area (Å²) in [5.74, 6) is 0.810. The lowest BCUT2D eigenvalue weighted by Crippen LogP contribution is -2.39. The van der Waals surface area contributed by atoms with Crippen LogP contribution in [-0.2, 0) is 10.0 Å². The van der Waals surface area contributed by atoms with Crippen LogP contribution in [0.5, 0.6) is 11.8 Å². The van der Waals surface area contributed by atoms with Gasteiger partial charge in [-0.05, 0) is 25.7 Å². The fourth-order valence-electron chi connectivity index (χ4n) is 2.63. The van der Waals surface area contributed by atoms with E-state index >= 15 is 0 Å². The minimum absolute atomic E-state index is 0.0145. The number of nitrogens with one attached hydrogen (secondary N) is 2. The van der Waals surface area contributed by atoms with Gasteiger partial charge in [-0.25, -0.2) is 18.1 Å². The van der Waals surface area contributed by atoms with E-state index in [0.29, 0.717) is 24.6 Å². The van der Waals surface area contributed by atoms with E-state index in [0.717, 1.165) is 12.8 Å². The number of rotatable bonds is 6. The van der Waals surface area contributed by atoms with Gasteiger partial charge in [0.2, 0.25) is 11.8 Å². The van der Waals surface area contributed by atoms with Gasteiger partial charge in [0.25, 0.3) is 10.0 Å². The molecule has 2 aromatic rings. The number of nitrogens with zero attached hydrogens (tertiary/aromatic N) is 3. The predicted octanol–water partition coefficient (Wildman–Crippen LogP) is 0.877. The number of ether oxygens (including phenoxy) is 2. The average molecular weight is 353 g/mol. The Bertz CT molecular complexity index is 757. The zero-order valence-electron chi connectivity index (χ0n) is 13.2. The zero-order valence-corrected chi connectivity index (χ0v) is 14.0. The van der Waals surface area contributed by atoms with E-state index in [-0.39, 0.29) is 17.2 Å². The highest BCUT2D eigenvalue weighted by Gasteiger charge is 2.27. The summed E-state index contributed by atoms with van der Waals surface area (Å²) in [6.45, 7) is 0.